The van der Waals surface area contributed by atoms with Gasteiger partial charge in [-0.25, -0.2) is 0 Å². The van der Waals surface area contributed by atoms with Gasteiger partial charge in [-0.2, -0.15) is 0 Å². The van der Waals surface area contributed by atoms with E-state index in [1.807, 2.05) is 36.4 Å². The minimum Gasteiger partial charge on any atom is -0.482 e. The molecule has 0 spiro atoms. The zero-order chi connectivity index (χ0) is 10.3. The third kappa shape index (κ3) is 1.32. The van der Waals surface area contributed by atoms with Crippen molar-refractivity contribution in [1.82, 2.24) is 0 Å². The van der Waals surface area contributed by atoms with Crippen molar-refractivity contribution in [3.63, 3.8) is 0 Å². The summed E-state index contributed by atoms with van der Waals surface area (Å²) in [5.74, 6) is 0.645. The van der Waals surface area contributed by atoms with Crippen molar-refractivity contribution in [2.45, 2.75) is 0 Å². The zero-order valence-electron chi connectivity index (χ0n) is 7.99. The molecule has 0 fully saturated rings. The molecule has 1 aliphatic heterocycles. The Morgan fingerprint density at radius 2 is 1.87 bits per heavy atom. The van der Waals surface area contributed by atoms with Crippen molar-refractivity contribution >= 4 is 22.4 Å². The van der Waals surface area contributed by atoms with Crippen molar-refractivity contribution in [1.29, 1.82) is 0 Å². The first-order chi connectivity index (χ1) is 7.33. The van der Waals surface area contributed by atoms with Gasteiger partial charge in [-0.15, -0.1) is 0 Å². The maximum Gasteiger partial charge on any atom is 0.262 e. The first-order valence-electron chi connectivity index (χ1n) is 4.78. The molecule has 0 atom stereocenters. The predicted molar refractivity (Wildman–Crippen MR) is 58.1 cm³/mol. The molecule has 0 radical (unpaired) electrons. The highest BCUT2D eigenvalue weighted by Gasteiger charge is 2.15. The Bertz CT molecular complexity index is 548. The molecule has 1 heterocycles. The van der Waals surface area contributed by atoms with Gasteiger partial charge in [0.2, 0.25) is 0 Å². The molecule has 0 aliphatic carbocycles. The van der Waals surface area contributed by atoms with Gasteiger partial charge in [0.15, 0.2) is 6.61 Å². The van der Waals surface area contributed by atoms with Gasteiger partial charge in [0.1, 0.15) is 5.75 Å². The summed E-state index contributed by atoms with van der Waals surface area (Å²) in [5.41, 5.74) is 0.755. The lowest BCUT2D eigenvalue weighted by atomic mass is 10.1. The van der Waals surface area contributed by atoms with Crippen LogP contribution in [0.15, 0.2) is 36.4 Å². The molecule has 0 unspecified atom stereocenters. The number of hydrogen-bond donors (Lipinski definition) is 1. The fourth-order valence-corrected chi connectivity index (χ4v) is 1.77. The van der Waals surface area contributed by atoms with Gasteiger partial charge < -0.3 is 10.1 Å². The topological polar surface area (TPSA) is 38.3 Å². The van der Waals surface area contributed by atoms with Gasteiger partial charge in [-0.1, -0.05) is 24.3 Å². The molecule has 0 bridgehead atoms. The summed E-state index contributed by atoms with van der Waals surface area (Å²) in [4.78, 5) is 11.1. The molecular weight excluding hydrogens is 190 g/mol. The second-order valence-electron chi connectivity index (χ2n) is 3.53. The molecule has 1 N–H and O–H groups in total. The number of benzene rings is 2. The van der Waals surface area contributed by atoms with Crippen molar-refractivity contribution in [2.24, 2.45) is 0 Å². The third-order valence-corrected chi connectivity index (χ3v) is 2.48. The molecule has 1 amide bonds. The number of rotatable bonds is 0. The molecule has 1 aliphatic rings. The van der Waals surface area contributed by atoms with Gasteiger partial charge in [0.05, 0.1) is 5.69 Å². The second kappa shape index (κ2) is 2.98. The van der Waals surface area contributed by atoms with E-state index < -0.39 is 0 Å². The second-order valence-corrected chi connectivity index (χ2v) is 3.53. The summed E-state index contributed by atoms with van der Waals surface area (Å²) in [5, 5.41) is 5.01. The van der Waals surface area contributed by atoms with Crippen LogP contribution in [0.1, 0.15) is 0 Å². The molecule has 3 nitrogen and oxygen atoms in total. The van der Waals surface area contributed by atoms with Crippen LogP contribution in [0, 0.1) is 0 Å². The summed E-state index contributed by atoms with van der Waals surface area (Å²) in [6.45, 7) is 0.103. The molecule has 0 saturated carbocycles. The van der Waals surface area contributed by atoms with Gasteiger partial charge in [0, 0.05) is 0 Å². The van der Waals surface area contributed by atoms with E-state index in [0.29, 0.717) is 0 Å². The monoisotopic (exact) mass is 199 g/mol. The van der Waals surface area contributed by atoms with Gasteiger partial charge >= 0.3 is 0 Å². The van der Waals surface area contributed by atoms with E-state index in [9.17, 15) is 4.79 Å². The van der Waals surface area contributed by atoms with E-state index in [1.165, 1.54) is 0 Å². The molecule has 2 aromatic rings. The fourth-order valence-electron chi connectivity index (χ4n) is 1.77. The smallest absolute Gasteiger partial charge is 0.262 e. The SMILES string of the molecule is O=C1COc2cc3ccccc3cc2N1. The van der Waals surface area contributed by atoms with E-state index in [0.717, 1.165) is 22.2 Å². The fraction of sp³-hybridized carbons (Fsp3) is 0.0833. The van der Waals surface area contributed by atoms with E-state index in [2.05, 4.69) is 5.32 Å². The number of ether oxygens (including phenoxy) is 1. The highest BCUT2D eigenvalue weighted by atomic mass is 16.5. The number of nitrogens with one attached hydrogen (secondary N) is 1. The predicted octanol–water partition coefficient (Wildman–Crippen LogP) is 2.17. The normalized spacial score (nSPS) is 14.3. The maximum atomic E-state index is 11.1. The molecule has 2 aromatic carbocycles. The van der Waals surface area contributed by atoms with Crippen LogP contribution in [0.25, 0.3) is 10.8 Å². The lowest BCUT2D eigenvalue weighted by Crippen LogP contribution is -2.25. The minimum atomic E-state index is -0.0993. The van der Waals surface area contributed by atoms with Crippen molar-refractivity contribution in [3.05, 3.63) is 36.4 Å². The first kappa shape index (κ1) is 8.29. The van der Waals surface area contributed by atoms with E-state index in [4.69, 9.17) is 4.74 Å². The van der Waals surface area contributed by atoms with Crippen LogP contribution >= 0.6 is 0 Å². The van der Waals surface area contributed by atoms with E-state index in [-0.39, 0.29) is 12.5 Å². The molecule has 15 heavy (non-hydrogen) atoms. The molecule has 0 aromatic heterocycles. The lowest BCUT2D eigenvalue weighted by Gasteiger charge is -2.18. The molecule has 3 heteroatoms. The summed E-state index contributed by atoms with van der Waals surface area (Å²) in [6, 6.07) is 11.9. The van der Waals surface area contributed by atoms with Crippen LogP contribution in [-0.2, 0) is 4.79 Å². The molecule has 3 rings (SSSR count). The van der Waals surface area contributed by atoms with Gasteiger partial charge in [0.25, 0.3) is 5.91 Å². The van der Waals surface area contributed by atoms with Crippen molar-refractivity contribution < 1.29 is 9.53 Å². The minimum absolute atomic E-state index is 0.0993. The molecule has 74 valence electrons. The highest BCUT2D eigenvalue weighted by molar-refractivity contribution is 5.99. The average molecular weight is 199 g/mol. The first-order valence-corrected chi connectivity index (χ1v) is 4.78. The summed E-state index contributed by atoms with van der Waals surface area (Å²) in [7, 11) is 0. The van der Waals surface area contributed by atoms with Crippen LogP contribution in [0.2, 0.25) is 0 Å². The number of carbonyl (C=O) groups is 1. The Hall–Kier alpha value is -2.03. The molecule has 0 saturated heterocycles. The quantitative estimate of drug-likeness (QED) is 0.706. The van der Waals surface area contributed by atoms with E-state index >= 15 is 0 Å². The number of hydrogen-bond acceptors (Lipinski definition) is 2. The van der Waals surface area contributed by atoms with Crippen LogP contribution in [0.3, 0.4) is 0 Å². The number of amides is 1. The standard InChI is InChI=1S/C12H9NO2/c14-12-7-15-11-6-9-4-2-1-3-8(9)5-10(11)13-12/h1-6H,7H2,(H,13,14). The molecular formula is C12H9NO2. The van der Waals surface area contributed by atoms with Gasteiger partial charge in [-0.05, 0) is 22.9 Å². The third-order valence-electron chi connectivity index (χ3n) is 2.48. The highest BCUT2D eigenvalue weighted by Crippen LogP contribution is 2.32. The number of fused-ring (bicyclic) bond motifs is 2. The van der Waals surface area contributed by atoms with Crippen LogP contribution in [-0.4, -0.2) is 12.5 Å². The van der Waals surface area contributed by atoms with Crippen LogP contribution in [0.5, 0.6) is 5.75 Å². The Morgan fingerprint density at radius 1 is 1.13 bits per heavy atom. The Morgan fingerprint density at radius 3 is 2.67 bits per heavy atom. The maximum absolute atomic E-state index is 11.1. The zero-order valence-corrected chi connectivity index (χ0v) is 7.99. The average Bonchev–Trinajstić information content (AvgIpc) is 2.26. The van der Waals surface area contributed by atoms with Crippen LogP contribution in [0.4, 0.5) is 5.69 Å². The van der Waals surface area contributed by atoms with E-state index in [1.54, 1.807) is 0 Å². The number of carbonyl (C=O) groups excluding carboxylic acids is 1. The lowest BCUT2D eigenvalue weighted by molar-refractivity contribution is -0.118. The Balaban J connectivity index is 2.24. The Labute approximate surface area is 86.7 Å². The Kier molecular flexibility index (Phi) is 1.65. The number of anilines is 1. The van der Waals surface area contributed by atoms with Crippen molar-refractivity contribution in [2.75, 3.05) is 11.9 Å². The van der Waals surface area contributed by atoms with Crippen molar-refractivity contribution in [3.8, 4) is 5.75 Å². The summed E-state index contributed by atoms with van der Waals surface area (Å²) >= 11 is 0. The largest absolute Gasteiger partial charge is 0.482 e. The summed E-state index contributed by atoms with van der Waals surface area (Å²) in [6.07, 6.45) is 0. The van der Waals surface area contributed by atoms with Gasteiger partial charge in [-0.3, -0.25) is 4.79 Å². The summed E-state index contributed by atoms with van der Waals surface area (Å²) < 4.78 is 5.33. The van der Waals surface area contributed by atoms with Crippen LogP contribution < -0.4 is 10.1 Å².